The maximum Gasteiger partial charge on any atom is 0.277 e. The summed E-state index contributed by atoms with van der Waals surface area (Å²) in [7, 11) is 0. The van der Waals surface area contributed by atoms with Crippen molar-refractivity contribution in [1.29, 1.82) is 0 Å². The molecule has 86 valence electrons. The van der Waals surface area contributed by atoms with E-state index in [-0.39, 0.29) is 21.8 Å². The van der Waals surface area contributed by atoms with Crippen molar-refractivity contribution in [3.05, 3.63) is 40.3 Å². The Hall–Kier alpha value is -1.79. The number of rotatable bonds is 2. The van der Waals surface area contributed by atoms with Crippen LogP contribution in [0.3, 0.4) is 0 Å². The molecule has 0 aliphatic rings. The molecule has 6 nitrogen and oxygen atoms in total. The molecule has 0 radical (unpaired) electrons. The van der Waals surface area contributed by atoms with Crippen molar-refractivity contribution in [2.24, 2.45) is 0 Å². The van der Waals surface area contributed by atoms with Gasteiger partial charge in [0.2, 0.25) is 0 Å². The number of carbonyl (C=O) groups is 1. The lowest BCUT2D eigenvalue weighted by molar-refractivity contribution is 0.102. The zero-order valence-electron chi connectivity index (χ0n) is 8.26. The van der Waals surface area contributed by atoms with E-state index >= 15 is 0 Å². The molecule has 0 saturated heterocycles. The molecule has 0 aliphatic carbocycles. The first-order valence-corrected chi connectivity index (χ1v) is 5.20. The van der Waals surface area contributed by atoms with Crippen LogP contribution in [0.2, 0.25) is 10.3 Å². The lowest BCUT2D eigenvalue weighted by atomic mass is 10.3. The van der Waals surface area contributed by atoms with Crippen LogP contribution in [0.4, 0.5) is 5.82 Å². The second kappa shape index (κ2) is 5.03. The predicted molar refractivity (Wildman–Crippen MR) is 62.0 cm³/mol. The monoisotopic (exact) mass is 269 g/mol. The third-order valence-corrected chi connectivity index (χ3v) is 2.14. The van der Waals surface area contributed by atoms with Crippen molar-refractivity contribution in [3.63, 3.8) is 0 Å². The number of hydrogen-bond donors (Lipinski definition) is 1. The molecule has 0 saturated carbocycles. The molecule has 8 heteroatoms. The van der Waals surface area contributed by atoms with Crippen molar-refractivity contribution in [2.75, 3.05) is 5.32 Å². The number of halogens is 2. The van der Waals surface area contributed by atoms with Crippen molar-refractivity contribution in [3.8, 4) is 0 Å². The lowest BCUT2D eigenvalue weighted by Gasteiger charge is -2.01. The summed E-state index contributed by atoms with van der Waals surface area (Å²) in [5.41, 5.74) is 0.131. The first-order chi connectivity index (χ1) is 8.15. The summed E-state index contributed by atoms with van der Waals surface area (Å²) in [5.74, 6) is -0.179. The molecule has 2 aromatic rings. The third-order valence-electron chi connectivity index (χ3n) is 1.74. The van der Waals surface area contributed by atoms with Crippen molar-refractivity contribution in [1.82, 2.24) is 20.4 Å². The van der Waals surface area contributed by atoms with Gasteiger partial charge in [0.25, 0.3) is 5.91 Å². The van der Waals surface area contributed by atoms with E-state index in [4.69, 9.17) is 23.2 Å². The molecule has 1 N–H and O–H groups in total. The van der Waals surface area contributed by atoms with E-state index in [9.17, 15) is 4.79 Å². The molecule has 0 atom stereocenters. The number of carbonyl (C=O) groups excluding carboxylic acids is 1. The molecule has 2 rings (SSSR count). The summed E-state index contributed by atoms with van der Waals surface area (Å²) in [4.78, 5) is 11.7. The molecule has 0 unspecified atom stereocenters. The van der Waals surface area contributed by atoms with Gasteiger partial charge >= 0.3 is 0 Å². The smallest absolute Gasteiger partial charge is 0.277 e. The van der Waals surface area contributed by atoms with Crippen LogP contribution in [0, 0.1) is 0 Å². The minimum Gasteiger partial charge on any atom is -0.304 e. The molecule has 0 aromatic carbocycles. The van der Waals surface area contributed by atoms with E-state index in [2.05, 4.69) is 25.7 Å². The van der Waals surface area contributed by atoms with Crippen LogP contribution in [0.5, 0.6) is 0 Å². The van der Waals surface area contributed by atoms with Gasteiger partial charge in [-0.25, -0.2) is 0 Å². The first kappa shape index (κ1) is 11.7. The minimum atomic E-state index is -0.453. The summed E-state index contributed by atoms with van der Waals surface area (Å²) in [5, 5.41) is 17.4. The summed E-state index contributed by atoms with van der Waals surface area (Å²) in [6, 6.07) is 5.96. The molecule has 0 bridgehead atoms. The molecule has 0 aliphatic heterocycles. The molecule has 0 spiro atoms. The van der Waals surface area contributed by atoms with E-state index in [0.717, 1.165) is 0 Å². The van der Waals surface area contributed by atoms with E-state index in [1.54, 1.807) is 0 Å². The average molecular weight is 270 g/mol. The standard InChI is InChI=1S/C9H5Cl2N5O/c10-6-2-1-5(13-14-6)9(17)12-8-4-3-7(11)15-16-8/h1-4H,(H,12,16,17). The topological polar surface area (TPSA) is 80.7 Å². The van der Waals surface area contributed by atoms with Gasteiger partial charge in [-0.1, -0.05) is 23.2 Å². The van der Waals surface area contributed by atoms with Gasteiger partial charge in [-0.2, -0.15) is 0 Å². The Kier molecular flexibility index (Phi) is 3.46. The number of anilines is 1. The number of aromatic nitrogens is 4. The highest BCUT2D eigenvalue weighted by molar-refractivity contribution is 6.29. The Morgan fingerprint density at radius 3 is 2.12 bits per heavy atom. The van der Waals surface area contributed by atoms with Gasteiger partial charge < -0.3 is 5.32 Å². The Morgan fingerprint density at radius 2 is 1.59 bits per heavy atom. The van der Waals surface area contributed by atoms with Gasteiger partial charge in [0.05, 0.1) is 0 Å². The molecular formula is C9H5Cl2N5O. The Labute approximate surface area is 106 Å². The summed E-state index contributed by atoms with van der Waals surface area (Å²) >= 11 is 11.1. The fraction of sp³-hybridized carbons (Fsp3) is 0. The van der Waals surface area contributed by atoms with Crippen LogP contribution < -0.4 is 5.32 Å². The quantitative estimate of drug-likeness (QED) is 0.900. The van der Waals surface area contributed by atoms with Gasteiger partial charge in [-0.3, -0.25) is 4.79 Å². The Bertz CT molecular complexity index is 528. The van der Waals surface area contributed by atoms with E-state index < -0.39 is 5.91 Å². The molecule has 1 amide bonds. The summed E-state index contributed by atoms with van der Waals surface area (Å²) in [6.45, 7) is 0. The molecule has 0 fully saturated rings. The van der Waals surface area contributed by atoms with Gasteiger partial charge in [0.15, 0.2) is 21.8 Å². The fourth-order valence-electron chi connectivity index (χ4n) is 1.00. The van der Waals surface area contributed by atoms with Crippen LogP contribution in [0.15, 0.2) is 24.3 Å². The van der Waals surface area contributed by atoms with E-state index in [0.29, 0.717) is 0 Å². The number of amides is 1. The molecule has 2 heterocycles. The molecule has 17 heavy (non-hydrogen) atoms. The Morgan fingerprint density at radius 1 is 0.941 bits per heavy atom. The third kappa shape index (κ3) is 3.08. The van der Waals surface area contributed by atoms with Gasteiger partial charge in [0.1, 0.15) is 0 Å². The number of nitrogens with one attached hydrogen (secondary N) is 1. The number of hydrogen-bond acceptors (Lipinski definition) is 5. The highest BCUT2D eigenvalue weighted by Crippen LogP contribution is 2.08. The maximum atomic E-state index is 11.7. The second-order valence-corrected chi connectivity index (χ2v) is 3.71. The van der Waals surface area contributed by atoms with Crippen LogP contribution in [0.25, 0.3) is 0 Å². The zero-order valence-corrected chi connectivity index (χ0v) is 9.77. The van der Waals surface area contributed by atoms with E-state index in [1.165, 1.54) is 24.3 Å². The zero-order chi connectivity index (χ0) is 12.3. The highest BCUT2D eigenvalue weighted by Gasteiger charge is 2.09. The Balaban J connectivity index is 2.11. The van der Waals surface area contributed by atoms with Crippen molar-refractivity contribution >= 4 is 34.9 Å². The lowest BCUT2D eigenvalue weighted by Crippen LogP contribution is -2.15. The molecule has 2 aromatic heterocycles. The van der Waals surface area contributed by atoms with Gasteiger partial charge in [0, 0.05) is 0 Å². The fourth-order valence-corrected chi connectivity index (χ4v) is 1.20. The van der Waals surface area contributed by atoms with Crippen molar-refractivity contribution < 1.29 is 4.79 Å². The highest BCUT2D eigenvalue weighted by atomic mass is 35.5. The largest absolute Gasteiger partial charge is 0.304 e. The van der Waals surface area contributed by atoms with Crippen LogP contribution in [0.1, 0.15) is 10.5 Å². The van der Waals surface area contributed by atoms with Gasteiger partial charge in [-0.15, -0.1) is 20.4 Å². The first-order valence-electron chi connectivity index (χ1n) is 4.45. The second-order valence-electron chi connectivity index (χ2n) is 2.94. The van der Waals surface area contributed by atoms with Crippen LogP contribution in [-0.4, -0.2) is 26.3 Å². The van der Waals surface area contributed by atoms with E-state index in [1.807, 2.05) is 0 Å². The van der Waals surface area contributed by atoms with Crippen LogP contribution in [-0.2, 0) is 0 Å². The van der Waals surface area contributed by atoms with Crippen LogP contribution >= 0.6 is 23.2 Å². The van der Waals surface area contributed by atoms with Crippen molar-refractivity contribution in [2.45, 2.75) is 0 Å². The average Bonchev–Trinajstić information content (AvgIpc) is 2.33. The summed E-state index contributed by atoms with van der Waals surface area (Å²) < 4.78 is 0. The number of nitrogens with zero attached hydrogens (tertiary/aromatic N) is 4. The molecular weight excluding hydrogens is 265 g/mol. The minimum absolute atomic E-state index is 0.131. The predicted octanol–water partition coefficient (Wildman–Crippen LogP) is 1.83. The normalized spacial score (nSPS) is 10.0. The maximum absolute atomic E-state index is 11.7. The SMILES string of the molecule is O=C(Nc1ccc(Cl)nn1)c1ccc(Cl)nn1. The van der Waals surface area contributed by atoms with Gasteiger partial charge in [-0.05, 0) is 24.3 Å². The summed E-state index contributed by atoms with van der Waals surface area (Å²) in [6.07, 6.45) is 0.